The highest BCUT2D eigenvalue weighted by Gasteiger charge is 2.19. The summed E-state index contributed by atoms with van der Waals surface area (Å²) in [6.45, 7) is 3.69. The molecule has 0 saturated heterocycles. The molecular formula is C12H13Cl3. The highest BCUT2D eigenvalue weighted by Crippen LogP contribution is 2.30. The van der Waals surface area contributed by atoms with Crippen LogP contribution in [0.25, 0.3) is 0 Å². The van der Waals surface area contributed by atoms with Crippen LogP contribution in [0.15, 0.2) is 36.9 Å². The summed E-state index contributed by atoms with van der Waals surface area (Å²) in [4.78, 5) is 0. The van der Waals surface area contributed by atoms with Gasteiger partial charge in [0.2, 0.25) is 0 Å². The minimum atomic E-state index is -1.21. The molecule has 0 nitrogen and oxygen atoms in total. The normalized spacial score (nSPS) is 11.4. The molecule has 15 heavy (non-hydrogen) atoms. The van der Waals surface area contributed by atoms with Gasteiger partial charge in [0.05, 0.1) is 0 Å². The lowest BCUT2D eigenvalue weighted by Crippen LogP contribution is -2.06. The fourth-order valence-corrected chi connectivity index (χ4v) is 1.79. The summed E-state index contributed by atoms with van der Waals surface area (Å²) >= 11 is 17.1. The van der Waals surface area contributed by atoms with Crippen LogP contribution in [0.2, 0.25) is 0 Å². The van der Waals surface area contributed by atoms with Gasteiger partial charge in [-0.25, -0.2) is 0 Å². The van der Waals surface area contributed by atoms with Gasteiger partial charge in [0, 0.05) is 6.42 Å². The largest absolute Gasteiger partial charge is 0.194 e. The lowest BCUT2D eigenvalue weighted by atomic mass is 10.1. The molecule has 0 N–H and O–H groups in total. The van der Waals surface area contributed by atoms with Crippen LogP contribution >= 0.6 is 34.8 Å². The van der Waals surface area contributed by atoms with Crippen LogP contribution in [-0.2, 0) is 12.8 Å². The topological polar surface area (TPSA) is 0 Å². The summed E-state index contributed by atoms with van der Waals surface area (Å²) in [6.07, 6.45) is 4.36. The molecule has 0 spiro atoms. The molecule has 1 aromatic rings. The smallest absolute Gasteiger partial charge is 0.103 e. The summed E-state index contributed by atoms with van der Waals surface area (Å²) in [7, 11) is 0. The van der Waals surface area contributed by atoms with Gasteiger partial charge < -0.3 is 0 Å². The zero-order valence-electron chi connectivity index (χ0n) is 8.35. The Morgan fingerprint density at radius 3 is 2.07 bits per heavy atom. The monoisotopic (exact) mass is 262 g/mol. The minimum Gasteiger partial charge on any atom is -0.103 e. The molecule has 0 radical (unpaired) electrons. The molecule has 0 aliphatic rings. The number of halogens is 3. The van der Waals surface area contributed by atoms with Gasteiger partial charge in [-0.15, -0.1) is 6.58 Å². The molecule has 0 aromatic heterocycles. The van der Waals surface area contributed by atoms with Gasteiger partial charge in [0.25, 0.3) is 0 Å². The molecule has 3 heteroatoms. The van der Waals surface area contributed by atoms with E-state index < -0.39 is 3.79 Å². The maximum absolute atomic E-state index is 5.71. The van der Waals surface area contributed by atoms with E-state index in [1.807, 2.05) is 18.2 Å². The molecule has 0 aliphatic carbocycles. The fraction of sp³-hybridized carbons (Fsp3) is 0.333. The zero-order valence-corrected chi connectivity index (χ0v) is 10.6. The van der Waals surface area contributed by atoms with Crippen LogP contribution in [-0.4, -0.2) is 3.79 Å². The molecule has 0 amide bonds. The number of allylic oxidation sites excluding steroid dienone is 1. The van der Waals surface area contributed by atoms with Gasteiger partial charge in [-0.2, -0.15) is 0 Å². The maximum Gasteiger partial charge on any atom is 0.194 e. The van der Waals surface area contributed by atoms with Crippen molar-refractivity contribution in [1.29, 1.82) is 0 Å². The fourth-order valence-electron chi connectivity index (χ4n) is 1.32. The van der Waals surface area contributed by atoms with E-state index in [4.69, 9.17) is 34.8 Å². The molecule has 82 valence electrons. The highest BCUT2D eigenvalue weighted by molar-refractivity contribution is 6.67. The van der Waals surface area contributed by atoms with Crippen LogP contribution in [0.3, 0.4) is 0 Å². The van der Waals surface area contributed by atoms with E-state index in [2.05, 4.69) is 18.7 Å². The third-order valence-corrected chi connectivity index (χ3v) is 2.47. The summed E-state index contributed by atoms with van der Waals surface area (Å²) in [5.74, 6) is 0. The molecule has 0 saturated carbocycles. The van der Waals surface area contributed by atoms with Crippen LogP contribution in [0, 0.1) is 0 Å². The van der Waals surface area contributed by atoms with Gasteiger partial charge in [0.1, 0.15) is 0 Å². The average Bonchev–Trinajstić information content (AvgIpc) is 2.14. The molecule has 0 fully saturated rings. The number of benzene rings is 1. The third-order valence-electron chi connectivity index (χ3n) is 2.06. The third kappa shape index (κ3) is 5.46. The number of hydrogen-bond acceptors (Lipinski definition) is 0. The quantitative estimate of drug-likeness (QED) is 0.545. The number of alkyl halides is 3. The Morgan fingerprint density at radius 2 is 1.60 bits per heavy atom. The van der Waals surface area contributed by atoms with Gasteiger partial charge in [-0.05, 0) is 24.0 Å². The Bertz CT molecular complexity index is 309. The van der Waals surface area contributed by atoms with E-state index in [0.29, 0.717) is 6.42 Å². The Kier molecular flexibility index (Phi) is 4.98. The number of hydrogen-bond donors (Lipinski definition) is 0. The molecule has 1 rings (SSSR count). The summed E-state index contributed by atoms with van der Waals surface area (Å²) in [5.41, 5.74) is 2.32. The first-order chi connectivity index (χ1) is 7.01. The van der Waals surface area contributed by atoms with Crippen LogP contribution in [0.5, 0.6) is 0 Å². The number of rotatable bonds is 4. The van der Waals surface area contributed by atoms with E-state index in [0.717, 1.165) is 18.4 Å². The Hall–Kier alpha value is -0.170. The van der Waals surface area contributed by atoms with Crippen molar-refractivity contribution in [1.82, 2.24) is 0 Å². The van der Waals surface area contributed by atoms with Crippen molar-refractivity contribution >= 4 is 34.8 Å². The van der Waals surface area contributed by atoms with E-state index in [9.17, 15) is 0 Å². The van der Waals surface area contributed by atoms with Crippen molar-refractivity contribution in [2.75, 3.05) is 0 Å². The van der Waals surface area contributed by atoms with Crippen molar-refractivity contribution in [2.24, 2.45) is 0 Å². The SMILES string of the molecule is C=CCCc1ccc(CC(Cl)(Cl)Cl)cc1. The van der Waals surface area contributed by atoms with Crippen molar-refractivity contribution in [3.05, 3.63) is 48.0 Å². The Morgan fingerprint density at radius 1 is 1.07 bits per heavy atom. The predicted octanol–water partition coefficient (Wildman–Crippen LogP) is 4.72. The molecule has 0 heterocycles. The second-order valence-electron chi connectivity index (χ2n) is 3.44. The molecule has 0 atom stereocenters. The van der Waals surface area contributed by atoms with Crippen LogP contribution in [0.1, 0.15) is 17.5 Å². The van der Waals surface area contributed by atoms with Crippen molar-refractivity contribution in [3.63, 3.8) is 0 Å². The first-order valence-electron chi connectivity index (χ1n) is 4.77. The van der Waals surface area contributed by atoms with Gasteiger partial charge in [-0.3, -0.25) is 0 Å². The van der Waals surface area contributed by atoms with Crippen molar-refractivity contribution in [3.8, 4) is 0 Å². The van der Waals surface area contributed by atoms with Gasteiger partial charge >= 0.3 is 0 Å². The maximum atomic E-state index is 5.71. The van der Waals surface area contributed by atoms with Crippen LogP contribution in [0.4, 0.5) is 0 Å². The van der Waals surface area contributed by atoms with Crippen molar-refractivity contribution < 1.29 is 0 Å². The lowest BCUT2D eigenvalue weighted by Gasteiger charge is -2.10. The Balaban J connectivity index is 2.60. The lowest BCUT2D eigenvalue weighted by molar-refractivity contribution is 0.985. The molecule has 1 aromatic carbocycles. The average molecular weight is 264 g/mol. The van der Waals surface area contributed by atoms with E-state index in [1.165, 1.54) is 5.56 Å². The van der Waals surface area contributed by atoms with E-state index in [1.54, 1.807) is 0 Å². The van der Waals surface area contributed by atoms with E-state index in [-0.39, 0.29) is 0 Å². The summed E-state index contributed by atoms with van der Waals surface area (Å²) in [5, 5.41) is 0. The molecule has 0 aliphatic heterocycles. The van der Waals surface area contributed by atoms with Crippen molar-refractivity contribution in [2.45, 2.75) is 23.1 Å². The van der Waals surface area contributed by atoms with Crippen LogP contribution < -0.4 is 0 Å². The molecular weight excluding hydrogens is 250 g/mol. The number of aryl methyl sites for hydroxylation is 1. The van der Waals surface area contributed by atoms with Gasteiger partial charge in [0.15, 0.2) is 3.79 Å². The molecule has 0 unspecified atom stereocenters. The predicted molar refractivity (Wildman–Crippen MR) is 69.0 cm³/mol. The molecule has 0 bridgehead atoms. The second-order valence-corrected chi connectivity index (χ2v) is 5.95. The minimum absolute atomic E-state index is 0.444. The van der Waals surface area contributed by atoms with E-state index >= 15 is 0 Å². The summed E-state index contributed by atoms with van der Waals surface area (Å²) < 4.78 is -1.21. The zero-order chi connectivity index (χ0) is 11.3. The Labute approximate surface area is 106 Å². The highest BCUT2D eigenvalue weighted by atomic mass is 35.6. The second kappa shape index (κ2) is 5.79. The summed E-state index contributed by atoms with van der Waals surface area (Å²) in [6, 6.07) is 8.13. The first-order valence-corrected chi connectivity index (χ1v) is 5.90. The van der Waals surface area contributed by atoms with Gasteiger partial charge in [-0.1, -0.05) is 65.1 Å². The standard InChI is InChI=1S/C12H13Cl3/c1-2-3-4-10-5-7-11(8-6-10)9-12(13,14)15/h2,5-8H,1,3-4,9H2. The first kappa shape index (κ1) is 12.9.